The van der Waals surface area contributed by atoms with E-state index in [9.17, 15) is 0 Å². The molecule has 1 aliphatic carbocycles. The van der Waals surface area contributed by atoms with E-state index in [4.69, 9.17) is 0 Å². The van der Waals surface area contributed by atoms with Gasteiger partial charge in [-0.3, -0.25) is 0 Å². The van der Waals surface area contributed by atoms with Gasteiger partial charge >= 0.3 is 0 Å². The maximum atomic E-state index is 4.54. The summed E-state index contributed by atoms with van der Waals surface area (Å²) in [5.74, 6) is 0. The number of aromatic nitrogens is 1. The van der Waals surface area contributed by atoms with Crippen LogP contribution in [0, 0.1) is 6.92 Å². The smallest absolute Gasteiger partial charge is 0.0897 e. The number of nitrogens with one attached hydrogen (secondary N) is 1. The van der Waals surface area contributed by atoms with Crippen LogP contribution in [0.25, 0.3) is 0 Å². The molecule has 1 N–H and O–H groups in total. The molecule has 1 unspecified atom stereocenters. The lowest BCUT2D eigenvalue weighted by molar-refractivity contribution is 0.359. The molecule has 1 aliphatic rings. The number of hydrogen-bond donors (Lipinski definition) is 1. The first-order valence-corrected chi connectivity index (χ1v) is 8.68. The van der Waals surface area contributed by atoms with Crippen LogP contribution < -0.4 is 5.32 Å². The van der Waals surface area contributed by atoms with E-state index in [0.717, 1.165) is 18.0 Å². The van der Waals surface area contributed by atoms with Gasteiger partial charge in [0.25, 0.3) is 0 Å². The molecule has 3 heteroatoms. The van der Waals surface area contributed by atoms with Crippen molar-refractivity contribution in [3.8, 4) is 0 Å². The Balaban J connectivity index is 1.66. The average Bonchev–Trinajstić information content (AvgIpc) is 2.87. The number of fused-ring (bicyclic) bond motifs is 1. The third kappa shape index (κ3) is 3.19. The van der Waals surface area contributed by atoms with Gasteiger partial charge in [0.05, 0.1) is 10.7 Å². The van der Waals surface area contributed by atoms with Crippen molar-refractivity contribution in [1.82, 2.24) is 10.3 Å². The van der Waals surface area contributed by atoms with Crippen molar-refractivity contribution in [3.05, 3.63) is 51.5 Å². The summed E-state index contributed by atoms with van der Waals surface area (Å²) < 4.78 is 0. The number of benzene rings is 1. The number of aryl methyl sites for hydroxylation is 1. The second kappa shape index (κ2) is 5.90. The van der Waals surface area contributed by atoms with Crippen molar-refractivity contribution >= 4 is 11.3 Å². The fourth-order valence-corrected chi connectivity index (χ4v) is 3.97. The van der Waals surface area contributed by atoms with Gasteiger partial charge in [-0.1, -0.05) is 38.1 Å². The SMILES string of the molecule is Cc1nc(CCNC2CCC(C)(C)c3ccccc32)cs1. The molecule has 0 radical (unpaired) electrons. The highest BCUT2D eigenvalue weighted by Crippen LogP contribution is 2.41. The minimum Gasteiger partial charge on any atom is -0.310 e. The Hall–Kier alpha value is -1.19. The molecule has 112 valence electrons. The molecule has 0 amide bonds. The van der Waals surface area contributed by atoms with Crippen LogP contribution in [0.4, 0.5) is 0 Å². The molecule has 0 spiro atoms. The van der Waals surface area contributed by atoms with Crippen LogP contribution >= 0.6 is 11.3 Å². The van der Waals surface area contributed by atoms with Gasteiger partial charge in [0.1, 0.15) is 0 Å². The molecule has 21 heavy (non-hydrogen) atoms. The summed E-state index contributed by atoms with van der Waals surface area (Å²) in [6.45, 7) is 7.80. The molecule has 0 bridgehead atoms. The molecule has 1 heterocycles. The first-order chi connectivity index (χ1) is 10.1. The Labute approximate surface area is 131 Å². The minimum absolute atomic E-state index is 0.306. The van der Waals surface area contributed by atoms with Gasteiger partial charge in [0.2, 0.25) is 0 Å². The number of nitrogens with zero attached hydrogens (tertiary/aromatic N) is 1. The third-order valence-corrected chi connectivity index (χ3v) is 5.38. The highest BCUT2D eigenvalue weighted by Gasteiger charge is 2.31. The number of rotatable bonds is 4. The highest BCUT2D eigenvalue weighted by atomic mass is 32.1. The summed E-state index contributed by atoms with van der Waals surface area (Å²) in [5, 5.41) is 7.08. The van der Waals surface area contributed by atoms with E-state index in [1.165, 1.54) is 29.7 Å². The fourth-order valence-electron chi connectivity index (χ4n) is 3.32. The molecule has 3 rings (SSSR count). The van der Waals surface area contributed by atoms with E-state index in [1.807, 2.05) is 0 Å². The van der Waals surface area contributed by atoms with Crippen LogP contribution in [0.15, 0.2) is 29.6 Å². The van der Waals surface area contributed by atoms with Crippen molar-refractivity contribution in [1.29, 1.82) is 0 Å². The van der Waals surface area contributed by atoms with Crippen molar-refractivity contribution < 1.29 is 0 Å². The zero-order chi connectivity index (χ0) is 14.9. The van der Waals surface area contributed by atoms with Crippen molar-refractivity contribution in [3.63, 3.8) is 0 Å². The Bertz CT molecular complexity index is 615. The normalized spacial score (nSPS) is 20.2. The van der Waals surface area contributed by atoms with E-state index >= 15 is 0 Å². The Morgan fingerprint density at radius 1 is 1.33 bits per heavy atom. The maximum absolute atomic E-state index is 4.54. The summed E-state index contributed by atoms with van der Waals surface area (Å²) >= 11 is 1.74. The first-order valence-electron chi connectivity index (χ1n) is 7.80. The fraction of sp³-hybridized carbons (Fsp3) is 0.500. The van der Waals surface area contributed by atoms with Gasteiger partial charge in [-0.2, -0.15) is 0 Å². The molecule has 0 saturated carbocycles. The van der Waals surface area contributed by atoms with Crippen LogP contribution in [0.5, 0.6) is 0 Å². The molecule has 0 saturated heterocycles. The molecule has 2 nitrogen and oxygen atoms in total. The molecule has 1 aromatic heterocycles. The second-order valence-electron chi connectivity index (χ2n) is 6.62. The molecular weight excluding hydrogens is 276 g/mol. The zero-order valence-electron chi connectivity index (χ0n) is 13.1. The third-order valence-electron chi connectivity index (χ3n) is 4.56. The van der Waals surface area contributed by atoms with E-state index in [0.29, 0.717) is 11.5 Å². The van der Waals surface area contributed by atoms with Gasteiger partial charge in [-0.15, -0.1) is 11.3 Å². The van der Waals surface area contributed by atoms with Crippen LogP contribution in [-0.4, -0.2) is 11.5 Å². The lowest BCUT2D eigenvalue weighted by atomic mass is 9.71. The summed E-state index contributed by atoms with van der Waals surface area (Å²) in [5.41, 5.74) is 4.52. The van der Waals surface area contributed by atoms with Crippen LogP contribution in [0.1, 0.15) is 54.6 Å². The van der Waals surface area contributed by atoms with E-state index in [-0.39, 0.29) is 0 Å². The number of hydrogen-bond acceptors (Lipinski definition) is 3. The van der Waals surface area contributed by atoms with Crippen LogP contribution in [-0.2, 0) is 11.8 Å². The van der Waals surface area contributed by atoms with Crippen molar-refractivity contribution in [2.75, 3.05) is 6.54 Å². The largest absolute Gasteiger partial charge is 0.310 e. The Morgan fingerprint density at radius 2 is 2.14 bits per heavy atom. The predicted molar refractivity (Wildman–Crippen MR) is 90.0 cm³/mol. The highest BCUT2D eigenvalue weighted by molar-refractivity contribution is 7.09. The van der Waals surface area contributed by atoms with Crippen LogP contribution in [0.2, 0.25) is 0 Å². The monoisotopic (exact) mass is 300 g/mol. The van der Waals surface area contributed by atoms with Crippen LogP contribution in [0.3, 0.4) is 0 Å². The van der Waals surface area contributed by atoms with E-state index < -0.39 is 0 Å². The molecule has 1 aromatic carbocycles. The summed E-state index contributed by atoms with van der Waals surface area (Å²) in [7, 11) is 0. The van der Waals surface area contributed by atoms with Gasteiger partial charge in [0, 0.05) is 24.4 Å². The second-order valence-corrected chi connectivity index (χ2v) is 7.69. The van der Waals surface area contributed by atoms with Gasteiger partial charge in [-0.25, -0.2) is 4.98 Å². The van der Waals surface area contributed by atoms with Crippen molar-refractivity contribution in [2.24, 2.45) is 0 Å². The molecule has 0 aliphatic heterocycles. The lowest BCUT2D eigenvalue weighted by Crippen LogP contribution is -2.33. The topological polar surface area (TPSA) is 24.9 Å². The lowest BCUT2D eigenvalue weighted by Gasteiger charge is -2.37. The summed E-state index contributed by atoms with van der Waals surface area (Å²) in [6, 6.07) is 9.42. The molecule has 1 atom stereocenters. The quantitative estimate of drug-likeness (QED) is 0.905. The van der Waals surface area contributed by atoms with Gasteiger partial charge in [0.15, 0.2) is 0 Å². The minimum atomic E-state index is 0.306. The zero-order valence-corrected chi connectivity index (χ0v) is 14.0. The molecule has 0 fully saturated rings. The summed E-state index contributed by atoms with van der Waals surface area (Å²) in [6.07, 6.45) is 3.49. The van der Waals surface area contributed by atoms with Crippen molar-refractivity contribution in [2.45, 2.75) is 51.5 Å². The van der Waals surface area contributed by atoms with Gasteiger partial charge < -0.3 is 5.32 Å². The predicted octanol–water partition coefficient (Wildman–Crippen LogP) is 4.40. The standard InChI is InChI=1S/C18H24N2S/c1-13-20-14(12-21-13)9-11-19-17-8-10-18(2,3)16-7-5-4-6-15(16)17/h4-7,12,17,19H,8-11H2,1-3H3. The summed E-state index contributed by atoms with van der Waals surface area (Å²) in [4.78, 5) is 4.54. The average molecular weight is 300 g/mol. The molecular formula is C18H24N2S. The van der Waals surface area contributed by atoms with E-state index in [1.54, 1.807) is 11.3 Å². The maximum Gasteiger partial charge on any atom is 0.0897 e. The Kier molecular flexibility index (Phi) is 4.14. The van der Waals surface area contributed by atoms with E-state index in [2.05, 4.69) is 60.7 Å². The number of thiazole rings is 1. The van der Waals surface area contributed by atoms with Gasteiger partial charge in [-0.05, 0) is 36.3 Å². The Morgan fingerprint density at radius 3 is 2.90 bits per heavy atom. The molecule has 2 aromatic rings. The first kappa shape index (κ1) is 14.7.